The zero-order chi connectivity index (χ0) is 11.4. The molecule has 0 bridgehead atoms. The minimum absolute atomic E-state index is 0.191. The van der Waals surface area contributed by atoms with Crippen LogP contribution in [0.1, 0.15) is 27.6 Å². The van der Waals surface area contributed by atoms with Crippen molar-refractivity contribution in [2.75, 3.05) is 13.7 Å². The van der Waals surface area contributed by atoms with Crippen molar-refractivity contribution in [1.82, 2.24) is 9.97 Å². The smallest absolute Gasteiger partial charge is 0.339 e. The van der Waals surface area contributed by atoms with E-state index in [2.05, 4.69) is 9.97 Å². The number of carbonyl (C=O) groups is 1. The fourth-order valence-electron chi connectivity index (χ4n) is 1.40. The van der Waals surface area contributed by atoms with Crippen LogP contribution in [-0.4, -0.2) is 34.8 Å². The highest BCUT2D eigenvalue weighted by Gasteiger charge is 2.14. The van der Waals surface area contributed by atoms with Crippen LogP contribution >= 0.6 is 0 Å². The Morgan fingerprint density at radius 2 is 1.87 bits per heavy atom. The maximum Gasteiger partial charge on any atom is 0.339 e. The molecule has 0 unspecified atom stereocenters. The number of rotatable bonds is 4. The van der Waals surface area contributed by atoms with Crippen molar-refractivity contribution in [1.29, 1.82) is 0 Å². The predicted molar refractivity (Wildman–Crippen MR) is 54.0 cm³/mol. The van der Waals surface area contributed by atoms with Gasteiger partial charge in [0.1, 0.15) is 11.4 Å². The lowest BCUT2D eigenvalue weighted by Gasteiger charge is -2.06. The monoisotopic (exact) mass is 210 g/mol. The van der Waals surface area contributed by atoms with Gasteiger partial charge in [0.15, 0.2) is 0 Å². The van der Waals surface area contributed by atoms with Crippen LogP contribution in [0.25, 0.3) is 0 Å². The third-order valence-corrected chi connectivity index (χ3v) is 2.06. The fourth-order valence-corrected chi connectivity index (χ4v) is 1.40. The van der Waals surface area contributed by atoms with Gasteiger partial charge in [-0.15, -0.1) is 0 Å². The Labute approximate surface area is 88.1 Å². The Kier molecular flexibility index (Phi) is 3.74. The number of aromatic carboxylic acids is 1. The summed E-state index contributed by atoms with van der Waals surface area (Å²) in [5.41, 5.74) is 1.19. The van der Waals surface area contributed by atoms with Crippen LogP contribution in [0.4, 0.5) is 0 Å². The van der Waals surface area contributed by atoms with E-state index < -0.39 is 5.97 Å². The van der Waals surface area contributed by atoms with E-state index >= 15 is 0 Å². The Hall–Kier alpha value is -1.49. The highest BCUT2D eigenvalue weighted by molar-refractivity contribution is 5.89. The van der Waals surface area contributed by atoms with Crippen LogP contribution in [0, 0.1) is 13.8 Å². The van der Waals surface area contributed by atoms with Gasteiger partial charge in [-0.1, -0.05) is 0 Å². The first-order valence-corrected chi connectivity index (χ1v) is 4.62. The molecule has 1 N–H and O–H groups in total. The van der Waals surface area contributed by atoms with Gasteiger partial charge in [-0.2, -0.15) is 0 Å². The summed E-state index contributed by atoms with van der Waals surface area (Å²) in [6.45, 7) is 3.88. The second kappa shape index (κ2) is 4.84. The molecule has 0 aliphatic rings. The third kappa shape index (κ3) is 2.73. The van der Waals surface area contributed by atoms with Crippen molar-refractivity contribution in [3.8, 4) is 0 Å². The Balaban J connectivity index is 3.03. The maximum absolute atomic E-state index is 10.9. The molecule has 1 heterocycles. The Bertz CT molecular complexity index is 354. The molecule has 0 saturated carbocycles. The quantitative estimate of drug-likeness (QED) is 0.802. The number of methoxy groups -OCH3 is 1. The van der Waals surface area contributed by atoms with E-state index in [9.17, 15) is 4.79 Å². The van der Waals surface area contributed by atoms with Crippen molar-refractivity contribution < 1.29 is 14.6 Å². The van der Waals surface area contributed by atoms with Gasteiger partial charge < -0.3 is 9.84 Å². The SMILES string of the molecule is COCCc1nc(C)c(C(=O)O)c(C)n1. The Morgan fingerprint density at radius 1 is 1.33 bits per heavy atom. The summed E-state index contributed by atoms with van der Waals surface area (Å²) < 4.78 is 4.91. The van der Waals surface area contributed by atoms with E-state index in [1.54, 1.807) is 21.0 Å². The molecular weight excluding hydrogens is 196 g/mol. The molecule has 1 rings (SSSR count). The molecule has 0 aliphatic carbocycles. The topological polar surface area (TPSA) is 72.3 Å². The van der Waals surface area contributed by atoms with Crippen molar-refractivity contribution in [3.63, 3.8) is 0 Å². The van der Waals surface area contributed by atoms with Crippen molar-refractivity contribution in [2.24, 2.45) is 0 Å². The van der Waals surface area contributed by atoms with Crippen molar-refractivity contribution >= 4 is 5.97 Å². The van der Waals surface area contributed by atoms with E-state index in [0.29, 0.717) is 30.2 Å². The molecule has 0 aliphatic heterocycles. The van der Waals surface area contributed by atoms with Gasteiger partial charge >= 0.3 is 5.97 Å². The average Bonchev–Trinajstić information content (AvgIpc) is 2.12. The first kappa shape index (κ1) is 11.6. The standard InChI is InChI=1S/C10H14N2O3/c1-6-9(10(13)14)7(2)12-8(11-6)4-5-15-3/h4-5H2,1-3H3,(H,13,14). The molecule has 0 saturated heterocycles. The second-order valence-corrected chi connectivity index (χ2v) is 3.23. The molecule has 0 fully saturated rings. The summed E-state index contributed by atoms with van der Waals surface area (Å²) >= 11 is 0. The molecule has 0 amide bonds. The highest BCUT2D eigenvalue weighted by Crippen LogP contribution is 2.10. The molecule has 1 aromatic heterocycles. The second-order valence-electron chi connectivity index (χ2n) is 3.23. The highest BCUT2D eigenvalue weighted by atomic mass is 16.5. The van der Waals surface area contributed by atoms with Crippen LogP contribution in [0.2, 0.25) is 0 Å². The summed E-state index contributed by atoms with van der Waals surface area (Å²) in [4.78, 5) is 19.1. The Morgan fingerprint density at radius 3 is 2.27 bits per heavy atom. The van der Waals surface area contributed by atoms with E-state index in [0.717, 1.165) is 0 Å². The molecule has 5 nitrogen and oxygen atoms in total. The van der Waals surface area contributed by atoms with Gasteiger partial charge in [0.25, 0.3) is 0 Å². The lowest BCUT2D eigenvalue weighted by atomic mass is 10.1. The van der Waals surface area contributed by atoms with Crippen molar-refractivity contribution in [2.45, 2.75) is 20.3 Å². The lowest BCUT2D eigenvalue weighted by molar-refractivity contribution is 0.0694. The number of aromatic nitrogens is 2. The molecule has 1 aromatic rings. The number of hydrogen-bond acceptors (Lipinski definition) is 4. The van der Waals surface area contributed by atoms with Gasteiger partial charge in [-0.05, 0) is 13.8 Å². The summed E-state index contributed by atoms with van der Waals surface area (Å²) in [7, 11) is 1.60. The zero-order valence-corrected chi connectivity index (χ0v) is 9.07. The van der Waals surface area contributed by atoms with Gasteiger partial charge in [-0.25, -0.2) is 14.8 Å². The van der Waals surface area contributed by atoms with Gasteiger partial charge in [-0.3, -0.25) is 0 Å². The largest absolute Gasteiger partial charge is 0.478 e. The van der Waals surface area contributed by atoms with Gasteiger partial charge in [0, 0.05) is 13.5 Å². The first-order chi connectivity index (χ1) is 7.06. The van der Waals surface area contributed by atoms with E-state index in [1.165, 1.54) is 0 Å². The average molecular weight is 210 g/mol. The molecule has 0 atom stereocenters. The van der Waals surface area contributed by atoms with E-state index in [1.807, 2.05) is 0 Å². The molecule has 0 spiro atoms. The molecule has 82 valence electrons. The van der Waals surface area contributed by atoms with Crippen molar-refractivity contribution in [3.05, 3.63) is 22.8 Å². The summed E-state index contributed by atoms with van der Waals surface area (Å²) in [5, 5.41) is 8.91. The molecular formula is C10H14N2O3. The predicted octanol–water partition coefficient (Wildman–Crippen LogP) is 0.981. The maximum atomic E-state index is 10.9. The van der Waals surface area contributed by atoms with Gasteiger partial charge in [0.2, 0.25) is 0 Å². The van der Waals surface area contributed by atoms with E-state index in [4.69, 9.17) is 9.84 Å². The molecule has 0 aromatic carbocycles. The number of ether oxygens (including phenoxy) is 1. The summed E-state index contributed by atoms with van der Waals surface area (Å²) in [6.07, 6.45) is 0.595. The third-order valence-electron chi connectivity index (χ3n) is 2.06. The minimum atomic E-state index is -0.983. The number of aryl methyl sites for hydroxylation is 2. The van der Waals surface area contributed by atoms with Gasteiger partial charge in [0.05, 0.1) is 18.0 Å². The lowest BCUT2D eigenvalue weighted by Crippen LogP contribution is -2.11. The fraction of sp³-hybridized carbons (Fsp3) is 0.500. The van der Waals surface area contributed by atoms with E-state index in [-0.39, 0.29) is 5.56 Å². The van der Waals surface area contributed by atoms with Crippen LogP contribution in [-0.2, 0) is 11.2 Å². The first-order valence-electron chi connectivity index (χ1n) is 4.62. The van der Waals surface area contributed by atoms with Crippen LogP contribution in [0.3, 0.4) is 0 Å². The minimum Gasteiger partial charge on any atom is -0.478 e. The normalized spacial score (nSPS) is 10.3. The van der Waals surface area contributed by atoms with Crippen LogP contribution < -0.4 is 0 Å². The molecule has 0 radical (unpaired) electrons. The number of hydrogen-bond donors (Lipinski definition) is 1. The van der Waals surface area contributed by atoms with Crippen LogP contribution in [0.15, 0.2) is 0 Å². The summed E-state index contributed by atoms with van der Waals surface area (Å²) in [5.74, 6) is -0.361. The number of carboxylic acids is 1. The molecule has 15 heavy (non-hydrogen) atoms. The number of nitrogens with zero attached hydrogens (tertiary/aromatic N) is 2. The number of carboxylic acid groups (broad SMARTS) is 1. The zero-order valence-electron chi connectivity index (χ0n) is 9.07. The van der Waals surface area contributed by atoms with Crippen LogP contribution in [0.5, 0.6) is 0 Å². The summed E-state index contributed by atoms with van der Waals surface area (Å²) in [6, 6.07) is 0. The molecule has 5 heteroatoms.